The molecule has 1 fully saturated rings. The van der Waals surface area contributed by atoms with Crippen molar-refractivity contribution in [2.75, 3.05) is 11.9 Å². The van der Waals surface area contributed by atoms with Gasteiger partial charge in [0.1, 0.15) is 11.1 Å². The van der Waals surface area contributed by atoms with E-state index >= 15 is 0 Å². The molecule has 1 amide bonds. The molecule has 102 valence electrons. The molecule has 6 heteroatoms. The summed E-state index contributed by atoms with van der Waals surface area (Å²) >= 11 is 11.0. The maximum atomic E-state index is 12.0. The van der Waals surface area contributed by atoms with Gasteiger partial charge in [-0.25, -0.2) is 0 Å². The van der Waals surface area contributed by atoms with Crippen LogP contribution in [0.2, 0.25) is 5.02 Å². The minimum Gasteiger partial charge on any atom is -0.389 e. The molecule has 0 aliphatic carbocycles. The van der Waals surface area contributed by atoms with E-state index in [0.29, 0.717) is 22.9 Å². The van der Waals surface area contributed by atoms with Crippen LogP contribution in [0, 0.1) is 0 Å². The summed E-state index contributed by atoms with van der Waals surface area (Å²) in [5, 5.41) is 3.18. The number of thiocarbonyl (C=S) groups is 1. The molecule has 1 aromatic carbocycles. The van der Waals surface area contributed by atoms with Gasteiger partial charge < -0.3 is 15.8 Å². The molecule has 3 N–H and O–H groups in total. The lowest BCUT2D eigenvalue weighted by molar-refractivity contribution is -0.129. The molecule has 0 spiro atoms. The van der Waals surface area contributed by atoms with Crippen LogP contribution >= 0.6 is 23.8 Å². The molecule has 1 saturated heterocycles. The summed E-state index contributed by atoms with van der Waals surface area (Å²) in [6.07, 6.45) is 2.37. The predicted octanol–water partition coefficient (Wildman–Crippen LogP) is 2.48. The second kappa shape index (κ2) is 6.32. The second-order valence-corrected chi connectivity index (χ2v) is 5.25. The van der Waals surface area contributed by atoms with Crippen molar-refractivity contribution in [2.45, 2.75) is 25.4 Å². The minimum atomic E-state index is -0.389. The van der Waals surface area contributed by atoms with Crippen LogP contribution in [0.4, 0.5) is 5.69 Å². The summed E-state index contributed by atoms with van der Waals surface area (Å²) in [6.45, 7) is 0.631. The van der Waals surface area contributed by atoms with Crippen molar-refractivity contribution in [1.29, 1.82) is 0 Å². The number of carbonyl (C=O) groups is 1. The molecule has 0 radical (unpaired) electrons. The molecular weight excluding hydrogens is 284 g/mol. The fourth-order valence-corrected chi connectivity index (χ4v) is 2.29. The van der Waals surface area contributed by atoms with Gasteiger partial charge in [0, 0.05) is 12.2 Å². The first-order valence-corrected chi connectivity index (χ1v) is 6.88. The Balaban J connectivity index is 2.06. The summed E-state index contributed by atoms with van der Waals surface area (Å²) in [6, 6.07) is 5.06. The highest BCUT2D eigenvalue weighted by Crippen LogP contribution is 2.24. The Labute approximate surface area is 122 Å². The maximum absolute atomic E-state index is 12.0. The molecule has 1 aliphatic heterocycles. The number of amides is 1. The maximum Gasteiger partial charge on any atom is 0.253 e. The summed E-state index contributed by atoms with van der Waals surface area (Å²) in [5.41, 5.74) is 6.73. The van der Waals surface area contributed by atoms with Crippen LogP contribution in [-0.2, 0) is 9.53 Å². The lowest BCUT2D eigenvalue weighted by atomic mass is 10.1. The zero-order valence-electron chi connectivity index (χ0n) is 10.3. The molecule has 0 aromatic heterocycles. The average molecular weight is 299 g/mol. The molecule has 0 saturated carbocycles. The molecular formula is C13H15ClN2O2S. The van der Waals surface area contributed by atoms with E-state index in [-0.39, 0.29) is 17.0 Å². The number of hydrogen-bond acceptors (Lipinski definition) is 3. The Morgan fingerprint density at radius 1 is 1.47 bits per heavy atom. The van der Waals surface area contributed by atoms with Crippen LogP contribution < -0.4 is 11.1 Å². The fourth-order valence-electron chi connectivity index (χ4n) is 1.93. The zero-order chi connectivity index (χ0) is 13.8. The predicted molar refractivity (Wildman–Crippen MR) is 79.6 cm³/mol. The first-order valence-electron chi connectivity index (χ1n) is 6.10. The highest BCUT2D eigenvalue weighted by atomic mass is 35.5. The van der Waals surface area contributed by atoms with Gasteiger partial charge in [-0.15, -0.1) is 0 Å². The van der Waals surface area contributed by atoms with Crippen molar-refractivity contribution >= 4 is 40.4 Å². The van der Waals surface area contributed by atoms with Crippen LogP contribution in [0.3, 0.4) is 0 Å². The standard InChI is InChI=1S/C13H15ClN2O2S/c14-9-7-8(12(15)19)4-5-10(9)16-13(17)11-3-1-2-6-18-11/h4-5,7,11H,1-3,6H2,(H2,15,19)(H,16,17). The van der Waals surface area contributed by atoms with Gasteiger partial charge in [0.15, 0.2) is 0 Å². The van der Waals surface area contributed by atoms with Crippen molar-refractivity contribution in [3.05, 3.63) is 28.8 Å². The summed E-state index contributed by atoms with van der Waals surface area (Å²) in [7, 11) is 0. The molecule has 1 unspecified atom stereocenters. The number of benzene rings is 1. The minimum absolute atomic E-state index is 0.162. The van der Waals surface area contributed by atoms with E-state index in [1.165, 1.54) is 0 Å². The van der Waals surface area contributed by atoms with Crippen LogP contribution in [0.15, 0.2) is 18.2 Å². The zero-order valence-corrected chi connectivity index (χ0v) is 11.9. The summed E-state index contributed by atoms with van der Waals surface area (Å²) < 4.78 is 5.42. The average Bonchev–Trinajstić information content (AvgIpc) is 2.41. The SMILES string of the molecule is NC(=S)c1ccc(NC(=O)C2CCCCO2)c(Cl)c1. The molecule has 0 bridgehead atoms. The topological polar surface area (TPSA) is 64.3 Å². The van der Waals surface area contributed by atoms with Crippen LogP contribution in [0.25, 0.3) is 0 Å². The highest BCUT2D eigenvalue weighted by Gasteiger charge is 2.22. The van der Waals surface area contributed by atoms with E-state index in [1.54, 1.807) is 18.2 Å². The first-order chi connectivity index (χ1) is 9.08. The summed E-state index contributed by atoms with van der Waals surface area (Å²) in [4.78, 5) is 12.3. The largest absolute Gasteiger partial charge is 0.389 e. The Hall–Kier alpha value is -1.17. The van der Waals surface area contributed by atoms with E-state index < -0.39 is 0 Å². The quantitative estimate of drug-likeness (QED) is 0.842. The molecule has 1 heterocycles. The third kappa shape index (κ3) is 3.65. The van der Waals surface area contributed by atoms with E-state index in [2.05, 4.69) is 5.32 Å². The number of nitrogens with one attached hydrogen (secondary N) is 1. The van der Waals surface area contributed by atoms with Gasteiger partial charge in [0.05, 0.1) is 10.7 Å². The Morgan fingerprint density at radius 3 is 2.84 bits per heavy atom. The van der Waals surface area contributed by atoms with Gasteiger partial charge in [0.25, 0.3) is 5.91 Å². The number of hydrogen-bond donors (Lipinski definition) is 2. The third-order valence-corrected chi connectivity index (χ3v) is 3.53. The number of nitrogens with two attached hydrogens (primary N) is 1. The van der Waals surface area contributed by atoms with Crippen LogP contribution in [-0.4, -0.2) is 23.6 Å². The molecule has 2 rings (SSSR count). The van der Waals surface area contributed by atoms with Crippen molar-refractivity contribution in [3.8, 4) is 0 Å². The molecule has 4 nitrogen and oxygen atoms in total. The van der Waals surface area contributed by atoms with Crippen molar-refractivity contribution in [2.24, 2.45) is 5.73 Å². The Kier molecular flexibility index (Phi) is 4.74. The second-order valence-electron chi connectivity index (χ2n) is 4.40. The van der Waals surface area contributed by atoms with Crippen molar-refractivity contribution in [3.63, 3.8) is 0 Å². The number of halogens is 1. The van der Waals surface area contributed by atoms with Crippen LogP contribution in [0.5, 0.6) is 0 Å². The first kappa shape index (κ1) is 14.2. The van der Waals surface area contributed by atoms with Crippen molar-refractivity contribution in [1.82, 2.24) is 0 Å². The van der Waals surface area contributed by atoms with Gasteiger partial charge in [0.2, 0.25) is 0 Å². The lowest BCUT2D eigenvalue weighted by Crippen LogP contribution is -2.33. The van der Waals surface area contributed by atoms with E-state index in [1.807, 2.05) is 0 Å². The van der Waals surface area contributed by atoms with Gasteiger partial charge in [-0.2, -0.15) is 0 Å². The molecule has 1 aromatic rings. The van der Waals surface area contributed by atoms with E-state index in [4.69, 9.17) is 34.3 Å². The van der Waals surface area contributed by atoms with Gasteiger partial charge in [-0.1, -0.05) is 23.8 Å². The van der Waals surface area contributed by atoms with E-state index in [9.17, 15) is 4.79 Å². The fraction of sp³-hybridized carbons (Fsp3) is 0.385. The Bertz CT molecular complexity index is 501. The van der Waals surface area contributed by atoms with Crippen LogP contribution in [0.1, 0.15) is 24.8 Å². The Morgan fingerprint density at radius 2 is 2.26 bits per heavy atom. The summed E-state index contributed by atoms with van der Waals surface area (Å²) in [5.74, 6) is -0.162. The smallest absolute Gasteiger partial charge is 0.253 e. The monoisotopic (exact) mass is 298 g/mol. The number of anilines is 1. The number of carbonyl (C=O) groups excluding carboxylic acids is 1. The molecule has 19 heavy (non-hydrogen) atoms. The van der Waals surface area contributed by atoms with E-state index in [0.717, 1.165) is 19.3 Å². The molecule has 1 aliphatic rings. The molecule has 1 atom stereocenters. The third-order valence-electron chi connectivity index (χ3n) is 2.98. The van der Waals surface area contributed by atoms with Gasteiger partial charge in [-0.3, -0.25) is 4.79 Å². The van der Waals surface area contributed by atoms with Gasteiger partial charge >= 0.3 is 0 Å². The number of rotatable bonds is 3. The number of ether oxygens (including phenoxy) is 1. The highest BCUT2D eigenvalue weighted by molar-refractivity contribution is 7.80. The van der Waals surface area contributed by atoms with Crippen molar-refractivity contribution < 1.29 is 9.53 Å². The van der Waals surface area contributed by atoms with Gasteiger partial charge in [-0.05, 0) is 37.5 Å². The lowest BCUT2D eigenvalue weighted by Gasteiger charge is -2.22. The normalized spacial score (nSPS) is 18.9.